The van der Waals surface area contributed by atoms with Crippen LogP contribution in [-0.2, 0) is 0 Å². The molecule has 0 saturated heterocycles. The van der Waals surface area contributed by atoms with Crippen LogP contribution in [0.1, 0.15) is 23.7 Å². The molecule has 1 amide bonds. The van der Waals surface area contributed by atoms with Gasteiger partial charge in [-0.3, -0.25) is 4.79 Å². The minimum Gasteiger partial charge on any atom is -0.384 e. The lowest BCUT2D eigenvalue weighted by Crippen LogP contribution is -2.15. The van der Waals surface area contributed by atoms with Crippen molar-refractivity contribution < 1.29 is 9.18 Å². The Hall–Kier alpha value is -2.36. The molecule has 2 N–H and O–H groups in total. The number of carbonyl (C=O) groups is 1. The lowest BCUT2D eigenvalue weighted by molar-refractivity contribution is 0.102. The monoisotopic (exact) mass is 272 g/mol. The zero-order chi connectivity index (χ0) is 14.4. The number of carbonyl (C=O) groups excluding carboxylic acids is 1. The maximum atomic E-state index is 13.1. The van der Waals surface area contributed by atoms with Crippen LogP contribution in [0, 0.1) is 5.82 Å². The molecule has 0 atom stereocenters. The normalized spacial score (nSPS) is 10.1. The first-order valence-corrected chi connectivity index (χ1v) is 6.60. The number of halogens is 1. The molecule has 20 heavy (non-hydrogen) atoms. The number of hydrogen-bond acceptors (Lipinski definition) is 2. The van der Waals surface area contributed by atoms with Crippen molar-refractivity contribution in [2.75, 3.05) is 17.2 Å². The number of amides is 1. The predicted octanol–water partition coefficient (Wildman–Crippen LogP) is 3.90. The number of rotatable bonds is 5. The summed E-state index contributed by atoms with van der Waals surface area (Å²) in [5.74, 6) is -0.630. The van der Waals surface area contributed by atoms with Crippen molar-refractivity contribution in [3.63, 3.8) is 0 Å². The predicted molar refractivity (Wildman–Crippen MR) is 79.6 cm³/mol. The van der Waals surface area contributed by atoms with Gasteiger partial charge in [-0.1, -0.05) is 25.1 Å². The van der Waals surface area contributed by atoms with Gasteiger partial charge in [0.15, 0.2) is 0 Å². The Balaban J connectivity index is 2.16. The zero-order valence-electron chi connectivity index (χ0n) is 11.3. The van der Waals surface area contributed by atoms with Gasteiger partial charge in [0.25, 0.3) is 5.91 Å². The average Bonchev–Trinajstić information content (AvgIpc) is 2.45. The molecule has 4 heteroatoms. The third kappa shape index (κ3) is 3.57. The van der Waals surface area contributed by atoms with Crippen LogP contribution in [0.3, 0.4) is 0 Å². The molecule has 0 bridgehead atoms. The molecule has 2 aromatic rings. The van der Waals surface area contributed by atoms with Crippen LogP contribution in [0.2, 0.25) is 0 Å². The first-order valence-electron chi connectivity index (χ1n) is 6.60. The van der Waals surface area contributed by atoms with Crippen LogP contribution in [0.4, 0.5) is 15.8 Å². The Kier molecular flexibility index (Phi) is 4.71. The van der Waals surface area contributed by atoms with Gasteiger partial charge in [0.1, 0.15) is 5.82 Å². The van der Waals surface area contributed by atoms with Crippen molar-refractivity contribution in [3.05, 3.63) is 59.9 Å². The number of benzene rings is 2. The van der Waals surface area contributed by atoms with E-state index in [-0.39, 0.29) is 11.7 Å². The van der Waals surface area contributed by atoms with Crippen molar-refractivity contribution in [2.45, 2.75) is 13.3 Å². The summed E-state index contributed by atoms with van der Waals surface area (Å²) in [5, 5.41) is 5.90. The van der Waals surface area contributed by atoms with Gasteiger partial charge in [-0.2, -0.15) is 0 Å². The van der Waals surface area contributed by atoms with E-state index in [0.29, 0.717) is 11.3 Å². The summed E-state index contributed by atoms with van der Waals surface area (Å²) in [7, 11) is 0. The standard InChI is InChI=1S/C16H17FN2O/c1-2-10-18-15-9-4-3-8-14(15)16(20)19-13-7-5-6-12(17)11-13/h3-9,11,18H,2,10H2,1H3,(H,19,20). The van der Waals surface area contributed by atoms with Gasteiger partial charge in [-0.25, -0.2) is 4.39 Å². The molecule has 0 heterocycles. The van der Waals surface area contributed by atoms with Crippen molar-refractivity contribution in [1.29, 1.82) is 0 Å². The SMILES string of the molecule is CCCNc1ccccc1C(=O)Nc1cccc(F)c1. The lowest BCUT2D eigenvalue weighted by Gasteiger charge is -2.11. The minimum atomic E-state index is -0.375. The minimum absolute atomic E-state index is 0.255. The third-order valence-corrected chi connectivity index (χ3v) is 2.82. The fourth-order valence-electron chi connectivity index (χ4n) is 1.86. The first-order chi connectivity index (χ1) is 9.70. The number of hydrogen-bond donors (Lipinski definition) is 2. The van der Waals surface area contributed by atoms with E-state index in [0.717, 1.165) is 18.7 Å². The van der Waals surface area contributed by atoms with Crippen LogP contribution in [-0.4, -0.2) is 12.5 Å². The molecule has 0 radical (unpaired) electrons. The highest BCUT2D eigenvalue weighted by Gasteiger charge is 2.10. The highest BCUT2D eigenvalue weighted by atomic mass is 19.1. The molecule has 0 aliphatic rings. The van der Waals surface area contributed by atoms with E-state index in [4.69, 9.17) is 0 Å². The number of para-hydroxylation sites is 1. The molecule has 0 unspecified atom stereocenters. The Morgan fingerprint density at radius 3 is 2.70 bits per heavy atom. The van der Waals surface area contributed by atoms with E-state index in [2.05, 4.69) is 17.6 Å². The molecule has 0 fully saturated rings. The van der Waals surface area contributed by atoms with Crippen molar-refractivity contribution in [3.8, 4) is 0 Å². The van der Waals surface area contributed by atoms with Crippen LogP contribution in [0.5, 0.6) is 0 Å². The van der Waals surface area contributed by atoms with Crippen LogP contribution < -0.4 is 10.6 Å². The Labute approximate surface area is 117 Å². The molecule has 2 rings (SSSR count). The van der Waals surface area contributed by atoms with Gasteiger partial charge in [-0.15, -0.1) is 0 Å². The molecule has 3 nitrogen and oxygen atoms in total. The zero-order valence-corrected chi connectivity index (χ0v) is 11.3. The second-order valence-electron chi connectivity index (χ2n) is 4.44. The fraction of sp³-hybridized carbons (Fsp3) is 0.188. The molecule has 0 spiro atoms. The smallest absolute Gasteiger partial charge is 0.257 e. The summed E-state index contributed by atoms with van der Waals surface area (Å²) in [4.78, 5) is 12.2. The Bertz CT molecular complexity index is 599. The van der Waals surface area contributed by atoms with E-state index < -0.39 is 0 Å². The van der Waals surface area contributed by atoms with Gasteiger partial charge < -0.3 is 10.6 Å². The molecule has 2 aromatic carbocycles. The van der Waals surface area contributed by atoms with Crippen molar-refractivity contribution in [1.82, 2.24) is 0 Å². The Morgan fingerprint density at radius 2 is 1.95 bits per heavy atom. The number of anilines is 2. The molecule has 0 aliphatic heterocycles. The first kappa shape index (κ1) is 14.1. The maximum absolute atomic E-state index is 13.1. The second kappa shape index (κ2) is 6.70. The van der Waals surface area contributed by atoms with E-state index in [1.165, 1.54) is 12.1 Å². The lowest BCUT2D eigenvalue weighted by atomic mass is 10.1. The van der Waals surface area contributed by atoms with Gasteiger partial charge in [0, 0.05) is 17.9 Å². The van der Waals surface area contributed by atoms with Crippen LogP contribution in [0.15, 0.2) is 48.5 Å². The van der Waals surface area contributed by atoms with Gasteiger partial charge >= 0.3 is 0 Å². The highest BCUT2D eigenvalue weighted by molar-refractivity contribution is 6.08. The summed E-state index contributed by atoms with van der Waals surface area (Å²) < 4.78 is 13.1. The van der Waals surface area contributed by atoms with E-state index in [1.807, 2.05) is 12.1 Å². The fourth-order valence-corrected chi connectivity index (χ4v) is 1.86. The third-order valence-electron chi connectivity index (χ3n) is 2.82. The van der Waals surface area contributed by atoms with E-state index in [9.17, 15) is 9.18 Å². The molecular formula is C16H17FN2O. The van der Waals surface area contributed by atoms with Gasteiger partial charge in [0.05, 0.1) is 5.56 Å². The molecular weight excluding hydrogens is 255 g/mol. The maximum Gasteiger partial charge on any atom is 0.257 e. The summed E-state index contributed by atoms with van der Waals surface area (Å²) in [6.45, 7) is 2.85. The van der Waals surface area contributed by atoms with Gasteiger partial charge in [0.2, 0.25) is 0 Å². The molecule has 0 aromatic heterocycles. The summed E-state index contributed by atoms with van der Waals surface area (Å²) in [6.07, 6.45) is 0.972. The largest absolute Gasteiger partial charge is 0.384 e. The second-order valence-corrected chi connectivity index (χ2v) is 4.44. The van der Waals surface area contributed by atoms with E-state index in [1.54, 1.807) is 24.3 Å². The average molecular weight is 272 g/mol. The quantitative estimate of drug-likeness (QED) is 0.866. The van der Waals surface area contributed by atoms with Crippen molar-refractivity contribution >= 4 is 17.3 Å². The number of nitrogens with one attached hydrogen (secondary N) is 2. The van der Waals surface area contributed by atoms with Crippen LogP contribution >= 0.6 is 0 Å². The summed E-state index contributed by atoms with van der Waals surface area (Å²) >= 11 is 0. The molecule has 0 aliphatic carbocycles. The summed E-state index contributed by atoms with van der Waals surface area (Å²) in [6, 6.07) is 13.1. The molecule has 104 valence electrons. The van der Waals surface area contributed by atoms with E-state index >= 15 is 0 Å². The van der Waals surface area contributed by atoms with Crippen LogP contribution in [0.25, 0.3) is 0 Å². The summed E-state index contributed by atoms with van der Waals surface area (Å²) in [5.41, 5.74) is 1.77. The van der Waals surface area contributed by atoms with Gasteiger partial charge in [-0.05, 0) is 36.8 Å². The molecule has 0 saturated carbocycles. The van der Waals surface area contributed by atoms with Crippen molar-refractivity contribution in [2.24, 2.45) is 0 Å². The Morgan fingerprint density at radius 1 is 1.15 bits per heavy atom. The highest BCUT2D eigenvalue weighted by Crippen LogP contribution is 2.17. The topological polar surface area (TPSA) is 41.1 Å².